The molecule has 0 saturated carbocycles. The third kappa shape index (κ3) is 2.99. The molecule has 1 aromatic rings. The fraction of sp³-hybridized carbons (Fsp3) is 0.538. The highest BCUT2D eigenvalue weighted by atomic mass is 32.1. The van der Waals surface area contributed by atoms with Gasteiger partial charge in [-0.25, -0.2) is 0 Å². The number of thiol groups is 1. The highest BCUT2D eigenvalue weighted by Crippen LogP contribution is 2.17. The molecule has 82 valence electrons. The Morgan fingerprint density at radius 2 is 1.67 bits per heavy atom. The summed E-state index contributed by atoms with van der Waals surface area (Å²) in [5.41, 5.74) is 2.83. The summed E-state index contributed by atoms with van der Waals surface area (Å²) >= 11 is 4.38. The average Bonchev–Trinajstić information content (AvgIpc) is 2.31. The van der Waals surface area contributed by atoms with Crippen LogP contribution in [0.5, 0.6) is 0 Å². The molecule has 1 aliphatic rings. The smallest absolute Gasteiger partial charge is 0.0236 e. The average molecular weight is 221 g/mol. The lowest BCUT2D eigenvalue weighted by Crippen LogP contribution is -2.29. The molecule has 0 atom stereocenters. The van der Waals surface area contributed by atoms with Gasteiger partial charge in [-0.3, -0.25) is 4.90 Å². The van der Waals surface area contributed by atoms with Gasteiger partial charge in [0.15, 0.2) is 0 Å². The summed E-state index contributed by atoms with van der Waals surface area (Å²) in [7, 11) is 0. The Morgan fingerprint density at radius 3 is 2.33 bits per heavy atom. The van der Waals surface area contributed by atoms with E-state index >= 15 is 0 Å². The van der Waals surface area contributed by atoms with E-state index in [0.717, 1.165) is 12.3 Å². The first-order valence-electron chi connectivity index (χ1n) is 5.80. The van der Waals surface area contributed by atoms with Crippen LogP contribution in [0.2, 0.25) is 0 Å². The predicted molar refractivity (Wildman–Crippen MR) is 68.3 cm³/mol. The molecule has 1 heterocycles. The van der Waals surface area contributed by atoms with Gasteiger partial charge in [0.25, 0.3) is 0 Å². The van der Waals surface area contributed by atoms with Crippen LogP contribution in [0.1, 0.15) is 30.4 Å². The van der Waals surface area contributed by atoms with Crippen molar-refractivity contribution in [3.63, 3.8) is 0 Å². The van der Waals surface area contributed by atoms with Crippen LogP contribution in [0.4, 0.5) is 0 Å². The molecular weight excluding hydrogens is 202 g/mol. The first kappa shape index (κ1) is 11.0. The topological polar surface area (TPSA) is 3.24 Å². The third-order valence-electron chi connectivity index (χ3n) is 3.13. The highest BCUT2D eigenvalue weighted by Gasteiger charge is 2.11. The number of hydrogen-bond acceptors (Lipinski definition) is 2. The van der Waals surface area contributed by atoms with Crippen molar-refractivity contribution in [3.05, 3.63) is 35.4 Å². The predicted octanol–water partition coefficient (Wildman–Crippen LogP) is 3.10. The summed E-state index contributed by atoms with van der Waals surface area (Å²) in [6.07, 6.45) is 4.14. The molecule has 0 amide bonds. The van der Waals surface area contributed by atoms with Gasteiger partial charge in [-0.2, -0.15) is 12.6 Å². The fourth-order valence-electron chi connectivity index (χ4n) is 2.22. The maximum Gasteiger partial charge on any atom is 0.0236 e. The van der Waals surface area contributed by atoms with Crippen molar-refractivity contribution in [2.75, 3.05) is 13.1 Å². The largest absolute Gasteiger partial charge is 0.299 e. The van der Waals surface area contributed by atoms with Crippen molar-refractivity contribution in [3.8, 4) is 0 Å². The van der Waals surface area contributed by atoms with Crippen molar-refractivity contribution < 1.29 is 0 Å². The normalized spacial score (nSPS) is 17.9. The van der Waals surface area contributed by atoms with E-state index in [1.807, 2.05) is 0 Å². The number of rotatable bonds is 3. The fourth-order valence-corrected chi connectivity index (χ4v) is 2.53. The summed E-state index contributed by atoms with van der Waals surface area (Å²) in [6.45, 7) is 3.64. The van der Waals surface area contributed by atoms with E-state index < -0.39 is 0 Å². The third-order valence-corrected chi connectivity index (χ3v) is 3.47. The second-order valence-corrected chi connectivity index (χ2v) is 4.58. The number of likely N-dealkylation sites (tertiary alicyclic amines) is 1. The second-order valence-electron chi connectivity index (χ2n) is 4.26. The van der Waals surface area contributed by atoms with E-state index in [4.69, 9.17) is 0 Å². The maximum absolute atomic E-state index is 4.38. The van der Waals surface area contributed by atoms with Crippen LogP contribution >= 0.6 is 12.6 Å². The van der Waals surface area contributed by atoms with Crippen molar-refractivity contribution in [1.82, 2.24) is 4.90 Å². The minimum Gasteiger partial charge on any atom is -0.299 e. The zero-order chi connectivity index (χ0) is 10.5. The lowest BCUT2D eigenvalue weighted by Gasteiger charge is -2.27. The molecule has 0 N–H and O–H groups in total. The molecule has 1 aliphatic heterocycles. The Kier molecular flexibility index (Phi) is 4.09. The molecule has 0 aliphatic carbocycles. The highest BCUT2D eigenvalue weighted by molar-refractivity contribution is 7.79. The van der Waals surface area contributed by atoms with Gasteiger partial charge in [0, 0.05) is 12.3 Å². The molecule has 1 aromatic carbocycles. The van der Waals surface area contributed by atoms with Gasteiger partial charge >= 0.3 is 0 Å². The molecule has 0 unspecified atom stereocenters. The first-order valence-corrected chi connectivity index (χ1v) is 6.43. The summed E-state index contributed by atoms with van der Waals surface area (Å²) in [5, 5.41) is 0. The SMILES string of the molecule is SCc1ccccc1CN1CCCCC1. The van der Waals surface area contributed by atoms with Gasteiger partial charge in [0.1, 0.15) is 0 Å². The van der Waals surface area contributed by atoms with Gasteiger partial charge in [0.05, 0.1) is 0 Å². The molecule has 2 rings (SSSR count). The number of hydrogen-bond donors (Lipinski definition) is 1. The van der Waals surface area contributed by atoms with E-state index in [1.165, 1.54) is 43.5 Å². The van der Waals surface area contributed by atoms with E-state index in [1.54, 1.807) is 0 Å². The lowest BCUT2D eigenvalue weighted by molar-refractivity contribution is 0.220. The molecule has 15 heavy (non-hydrogen) atoms. The van der Waals surface area contributed by atoms with E-state index in [-0.39, 0.29) is 0 Å². The Hall–Kier alpha value is -0.470. The molecule has 2 heteroatoms. The number of nitrogens with zero attached hydrogens (tertiary/aromatic N) is 1. The standard InChI is InChI=1S/C13H19NS/c15-11-13-7-3-2-6-12(13)10-14-8-4-1-5-9-14/h2-3,6-7,15H,1,4-5,8-11H2. The molecule has 0 radical (unpaired) electrons. The Bertz CT molecular complexity index is 305. The quantitative estimate of drug-likeness (QED) is 0.768. The van der Waals surface area contributed by atoms with Crippen LogP contribution in [-0.4, -0.2) is 18.0 Å². The van der Waals surface area contributed by atoms with Crippen molar-refractivity contribution in [2.45, 2.75) is 31.6 Å². The Morgan fingerprint density at radius 1 is 1.00 bits per heavy atom. The Balaban J connectivity index is 2.02. The van der Waals surface area contributed by atoms with Crippen LogP contribution in [0.25, 0.3) is 0 Å². The number of piperidine rings is 1. The van der Waals surface area contributed by atoms with Crippen molar-refractivity contribution in [2.24, 2.45) is 0 Å². The summed E-state index contributed by atoms with van der Waals surface area (Å²) < 4.78 is 0. The first-order chi connectivity index (χ1) is 7.40. The Labute approximate surface area is 97.9 Å². The van der Waals surface area contributed by atoms with E-state index in [9.17, 15) is 0 Å². The monoisotopic (exact) mass is 221 g/mol. The molecule has 1 saturated heterocycles. The lowest BCUT2D eigenvalue weighted by atomic mass is 10.1. The summed E-state index contributed by atoms with van der Waals surface area (Å²) in [5.74, 6) is 0.851. The zero-order valence-electron chi connectivity index (χ0n) is 9.15. The minimum absolute atomic E-state index is 0.851. The van der Waals surface area contributed by atoms with E-state index in [2.05, 4.69) is 41.8 Å². The zero-order valence-corrected chi connectivity index (χ0v) is 10.0. The molecular formula is C13H19NS. The van der Waals surface area contributed by atoms with Crippen LogP contribution in [0.15, 0.2) is 24.3 Å². The van der Waals surface area contributed by atoms with Gasteiger partial charge < -0.3 is 0 Å². The molecule has 1 fully saturated rings. The van der Waals surface area contributed by atoms with Crippen molar-refractivity contribution >= 4 is 12.6 Å². The van der Waals surface area contributed by atoms with Gasteiger partial charge in [-0.05, 0) is 37.1 Å². The second kappa shape index (κ2) is 5.57. The maximum atomic E-state index is 4.38. The van der Waals surface area contributed by atoms with E-state index in [0.29, 0.717) is 0 Å². The molecule has 0 aromatic heterocycles. The number of benzene rings is 1. The van der Waals surface area contributed by atoms with Crippen molar-refractivity contribution in [1.29, 1.82) is 0 Å². The van der Waals surface area contributed by atoms with Gasteiger partial charge in [-0.1, -0.05) is 30.7 Å². The van der Waals surface area contributed by atoms with Gasteiger partial charge in [0.2, 0.25) is 0 Å². The summed E-state index contributed by atoms with van der Waals surface area (Å²) in [4.78, 5) is 2.56. The molecule has 0 bridgehead atoms. The minimum atomic E-state index is 0.851. The molecule has 1 nitrogen and oxygen atoms in total. The van der Waals surface area contributed by atoms with Gasteiger partial charge in [-0.15, -0.1) is 0 Å². The van der Waals surface area contributed by atoms with Crippen LogP contribution in [0.3, 0.4) is 0 Å². The molecule has 0 spiro atoms. The summed E-state index contributed by atoms with van der Waals surface area (Å²) in [6, 6.07) is 8.66. The van der Waals surface area contributed by atoms with Crippen LogP contribution < -0.4 is 0 Å². The van der Waals surface area contributed by atoms with Crippen LogP contribution in [-0.2, 0) is 12.3 Å². The van der Waals surface area contributed by atoms with Crippen LogP contribution in [0, 0.1) is 0 Å².